The number of likely N-dealkylation sites (N-methyl/N-ethyl adjacent to an activating group) is 1. The van der Waals surface area contributed by atoms with Crippen LogP contribution < -0.4 is 5.32 Å². The minimum Gasteiger partial charge on any atom is -0.313 e. The Kier molecular flexibility index (Phi) is 5.12. The van der Waals surface area contributed by atoms with E-state index in [1.54, 1.807) is 6.33 Å². The second-order valence-corrected chi connectivity index (χ2v) is 6.16. The molecule has 0 saturated heterocycles. The summed E-state index contributed by atoms with van der Waals surface area (Å²) in [5.74, 6) is 1.61. The first kappa shape index (κ1) is 15.7. The van der Waals surface area contributed by atoms with E-state index in [-0.39, 0.29) is 6.04 Å². The summed E-state index contributed by atoms with van der Waals surface area (Å²) in [5, 5.41) is 7.78. The molecule has 114 valence electrons. The molecule has 1 atom stereocenters. The Morgan fingerprint density at radius 3 is 2.67 bits per heavy atom. The standard InChI is InChI=1S/C17H26N4/c1-12(2)10-21-17(19-11-20-21)9-16(18-5)15-8-13(3)6-7-14(15)4/h6-8,11-12,16,18H,9-10H2,1-5H3. The van der Waals surface area contributed by atoms with E-state index in [9.17, 15) is 0 Å². The summed E-state index contributed by atoms with van der Waals surface area (Å²) in [6, 6.07) is 6.88. The molecule has 2 aromatic rings. The molecule has 0 bridgehead atoms. The number of nitrogens with zero attached hydrogens (tertiary/aromatic N) is 3. The molecule has 0 aliphatic heterocycles. The van der Waals surface area contributed by atoms with Crippen molar-refractivity contribution in [1.29, 1.82) is 0 Å². The minimum atomic E-state index is 0.264. The fraction of sp³-hybridized carbons (Fsp3) is 0.529. The SMILES string of the molecule is CNC(Cc1ncnn1CC(C)C)c1cc(C)ccc1C. The van der Waals surface area contributed by atoms with Gasteiger partial charge >= 0.3 is 0 Å². The van der Waals surface area contributed by atoms with E-state index >= 15 is 0 Å². The quantitative estimate of drug-likeness (QED) is 0.887. The van der Waals surface area contributed by atoms with Crippen LogP contribution in [0, 0.1) is 19.8 Å². The summed E-state index contributed by atoms with van der Waals surface area (Å²) in [6.45, 7) is 9.62. The Balaban J connectivity index is 2.23. The van der Waals surface area contributed by atoms with Crippen LogP contribution in [0.5, 0.6) is 0 Å². The predicted molar refractivity (Wildman–Crippen MR) is 86.3 cm³/mol. The van der Waals surface area contributed by atoms with Crippen LogP contribution in [0.3, 0.4) is 0 Å². The highest BCUT2D eigenvalue weighted by Crippen LogP contribution is 2.22. The number of hydrogen-bond acceptors (Lipinski definition) is 3. The zero-order chi connectivity index (χ0) is 15.4. The predicted octanol–water partition coefficient (Wildman–Crippen LogP) is 3.05. The molecule has 0 aliphatic rings. The smallest absolute Gasteiger partial charge is 0.138 e. The summed E-state index contributed by atoms with van der Waals surface area (Å²) >= 11 is 0. The average molecular weight is 286 g/mol. The van der Waals surface area contributed by atoms with Crippen LogP contribution in [0.2, 0.25) is 0 Å². The molecule has 1 heterocycles. The van der Waals surface area contributed by atoms with Crippen molar-refractivity contribution in [1.82, 2.24) is 20.1 Å². The molecule has 0 saturated carbocycles. The molecule has 0 fully saturated rings. The van der Waals surface area contributed by atoms with Gasteiger partial charge in [-0.3, -0.25) is 0 Å². The number of aryl methyl sites for hydroxylation is 2. The van der Waals surface area contributed by atoms with E-state index in [1.165, 1.54) is 16.7 Å². The third-order valence-corrected chi connectivity index (χ3v) is 3.78. The summed E-state index contributed by atoms with van der Waals surface area (Å²) in [5.41, 5.74) is 3.95. The summed E-state index contributed by atoms with van der Waals surface area (Å²) in [7, 11) is 2.01. The molecular formula is C17H26N4. The van der Waals surface area contributed by atoms with Crippen molar-refractivity contribution in [2.75, 3.05) is 7.05 Å². The van der Waals surface area contributed by atoms with Gasteiger partial charge in [0.2, 0.25) is 0 Å². The van der Waals surface area contributed by atoms with Gasteiger partial charge in [0.25, 0.3) is 0 Å². The molecule has 0 spiro atoms. The minimum absolute atomic E-state index is 0.264. The molecule has 1 N–H and O–H groups in total. The van der Waals surface area contributed by atoms with Crippen LogP contribution in [-0.2, 0) is 13.0 Å². The highest BCUT2D eigenvalue weighted by atomic mass is 15.3. The van der Waals surface area contributed by atoms with Gasteiger partial charge in [-0.05, 0) is 37.9 Å². The first-order valence-corrected chi connectivity index (χ1v) is 7.62. The molecule has 4 heteroatoms. The maximum absolute atomic E-state index is 4.45. The van der Waals surface area contributed by atoms with Gasteiger partial charge < -0.3 is 5.32 Å². The fourth-order valence-electron chi connectivity index (χ4n) is 2.63. The van der Waals surface area contributed by atoms with Crippen LogP contribution in [-0.4, -0.2) is 21.8 Å². The topological polar surface area (TPSA) is 42.7 Å². The lowest BCUT2D eigenvalue weighted by atomic mass is 9.96. The van der Waals surface area contributed by atoms with Crippen molar-refractivity contribution < 1.29 is 0 Å². The maximum atomic E-state index is 4.45. The van der Waals surface area contributed by atoms with E-state index < -0.39 is 0 Å². The van der Waals surface area contributed by atoms with Crippen LogP contribution in [0.4, 0.5) is 0 Å². The number of nitrogens with one attached hydrogen (secondary N) is 1. The van der Waals surface area contributed by atoms with E-state index in [4.69, 9.17) is 0 Å². The Bertz CT molecular complexity index is 586. The van der Waals surface area contributed by atoms with Crippen LogP contribution in [0.15, 0.2) is 24.5 Å². The normalized spacial score (nSPS) is 12.9. The largest absolute Gasteiger partial charge is 0.313 e. The molecular weight excluding hydrogens is 260 g/mol. The third kappa shape index (κ3) is 3.91. The van der Waals surface area contributed by atoms with Crippen molar-refractivity contribution in [3.63, 3.8) is 0 Å². The van der Waals surface area contributed by atoms with Crippen molar-refractivity contribution in [2.24, 2.45) is 5.92 Å². The van der Waals surface area contributed by atoms with Crippen LogP contribution >= 0.6 is 0 Å². The Hall–Kier alpha value is -1.68. The molecule has 4 nitrogen and oxygen atoms in total. The molecule has 0 aliphatic carbocycles. The molecule has 2 rings (SSSR count). The van der Waals surface area contributed by atoms with Gasteiger partial charge in [-0.1, -0.05) is 37.6 Å². The monoisotopic (exact) mass is 286 g/mol. The highest BCUT2D eigenvalue weighted by Gasteiger charge is 2.16. The highest BCUT2D eigenvalue weighted by molar-refractivity contribution is 5.33. The van der Waals surface area contributed by atoms with Gasteiger partial charge in [0.15, 0.2) is 0 Å². The van der Waals surface area contributed by atoms with E-state index in [0.29, 0.717) is 5.92 Å². The Labute approximate surface area is 127 Å². The van der Waals surface area contributed by atoms with Crippen molar-refractivity contribution in [3.8, 4) is 0 Å². The van der Waals surface area contributed by atoms with Gasteiger partial charge in [-0.2, -0.15) is 5.10 Å². The van der Waals surface area contributed by atoms with E-state index in [0.717, 1.165) is 18.8 Å². The lowest BCUT2D eigenvalue weighted by molar-refractivity contribution is 0.451. The van der Waals surface area contributed by atoms with Gasteiger partial charge in [-0.15, -0.1) is 0 Å². The summed E-state index contributed by atoms with van der Waals surface area (Å²) in [6.07, 6.45) is 2.51. The number of hydrogen-bond donors (Lipinski definition) is 1. The second kappa shape index (κ2) is 6.85. The number of benzene rings is 1. The van der Waals surface area contributed by atoms with E-state index in [2.05, 4.69) is 61.3 Å². The van der Waals surface area contributed by atoms with Crippen molar-refractivity contribution in [3.05, 3.63) is 47.0 Å². The Morgan fingerprint density at radius 2 is 2.00 bits per heavy atom. The molecule has 0 amide bonds. The van der Waals surface area contributed by atoms with Gasteiger partial charge in [0, 0.05) is 19.0 Å². The molecule has 1 aromatic heterocycles. The lowest BCUT2D eigenvalue weighted by Crippen LogP contribution is -2.22. The van der Waals surface area contributed by atoms with Gasteiger partial charge in [0.05, 0.1) is 0 Å². The third-order valence-electron chi connectivity index (χ3n) is 3.78. The first-order valence-electron chi connectivity index (χ1n) is 7.62. The molecule has 1 aromatic carbocycles. The zero-order valence-corrected chi connectivity index (χ0v) is 13.7. The van der Waals surface area contributed by atoms with Crippen LogP contribution in [0.1, 0.15) is 42.4 Å². The van der Waals surface area contributed by atoms with Gasteiger partial charge in [-0.25, -0.2) is 9.67 Å². The summed E-state index contributed by atoms with van der Waals surface area (Å²) < 4.78 is 2.03. The lowest BCUT2D eigenvalue weighted by Gasteiger charge is -2.20. The van der Waals surface area contributed by atoms with Crippen molar-refractivity contribution in [2.45, 2.75) is 46.7 Å². The fourth-order valence-corrected chi connectivity index (χ4v) is 2.63. The number of rotatable bonds is 6. The average Bonchev–Trinajstić information content (AvgIpc) is 2.85. The summed E-state index contributed by atoms with van der Waals surface area (Å²) in [4.78, 5) is 4.45. The molecule has 0 radical (unpaired) electrons. The van der Waals surface area contributed by atoms with Gasteiger partial charge in [0.1, 0.15) is 12.2 Å². The zero-order valence-electron chi connectivity index (χ0n) is 13.7. The van der Waals surface area contributed by atoms with E-state index in [1.807, 2.05) is 11.7 Å². The van der Waals surface area contributed by atoms with Crippen molar-refractivity contribution >= 4 is 0 Å². The Morgan fingerprint density at radius 1 is 1.24 bits per heavy atom. The number of aromatic nitrogens is 3. The second-order valence-electron chi connectivity index (χ2n) is 6.16. The molecule has 21 heavy (non-hydrogen) atoms. The first-order chi connectivity index (χ1) is 10.0. The van der Waals surface area contributed by atoms with Crippen LogP contribution in [0.25, 0.3) is 0 Å². The maximum Gasteiger partial charge on any atom is 0.138 e. The molecule has 1 unspecified atom stereocenters.